The van der Waals surface area contributed by atoms with Gasteiger partial charge in [-0.05, 0) is 47.9 Å². The van der Waals surface area contributed by atoms with Crippen LogP contribution in [0.4, 0.5) is 4.39 Å². The van der Waals surface area contributed by atoms with Crippen LogP contribution in [0.15, 0.2) is 59.0 Å². The molecule has 4 heteroatoms. The minimum atomic E-state index is -3.55. The van der Waals surface area contributed by atoms with Gasteiger partial charge in [0.1, 0.15) is 11.1 Å². The number of sulfone groups is 1. The Labute approximate surface area is 117 Å². The molecule has 3 rings (SSSR count). The number of benzene rings is 2. The summed E-state index contributed by atoms with van der Waals surface area (Å²) in [6, 6.07) is 12.4. The van der Waals surface area contributed by atoms with Crippen molar-refractivity contribution in [2.24, 2.45) is 0 Å². The molecule has 0 spiro atoms. The Morgan fingerprint density at radius 2 is 1.65 bits per heavy atom. The molecule has 1 aliphatic rings. The van der Waals surface area contributed by atoms with Crippen molar-refractivity contribution in [1.82, 2.24) is 0 Å². The zero-order chi connectivity index (χ0) is 14.3. The zero-order valence-corrected chi connectivity index (χ0v) is 11.7. The first-order valence-electron chi connectivity index (χ1n) is 6.27. The molecular weight excluding hydrogens is 275 g/mol. The predicted octanol–water partition coefficient (Wildman–Crippen LogP) is 3.76. The van der Waals surface area contributed by atoms with Gasteiger partial charge < -0.3 is 0 Å². The third kappa shape index (κ3) is 1.96. The van der Waals surface area contributed by atoms with E-state index in [4.69, 9.17) is 0 Å². The largest absolute Gasteiger partial charge is 0.223 e. The van der Waals surface area contributed by atoms with Crippen molar-refractivity contribution in [3.05, 3.63) is 71.0 Å². The van der Waals surface area contributed by atoms with E-state index in [1.807, 2.05) is 37.3 Å². The van der Waals surface area contributed by atoms with Crippen molar-refractivity contribution in [3.63, 3.8) is 0 Å². The Morgan fingerprint density at radius 3 is 2.35 bits per heavy atom. The molecule has 2 aromatic carbocycles. The van der Waals surface area contributed by atoms with Gasteiger partial charge in [0, 0.05) is 0 Å². The molecule has 2 aromatic rings. The van der Waals surface area contributed by atoms with Crippen LogP contribution in [0.2, 0.25) is 0 Å². The topological polar surface area (TPSA) is 34.1 Å². The Morgan fingerprint density at radius 1 is 1.00 bits per heavy atom. The van der Waals surface area contributed by atoms with Crippen LogP contribution < -0.4 is 0 Å². The first-order chi connectivity index (χ1) is 9.50. The van der Waals surface area contributed by atoms with E-state index in [1.165, 1.54) is 24.3 Å². The molecule has 0 aliphatic heterocycles. The minimum absolute atomic E-state index is 0.147. The predicted molar refractivity (Wildman–Crippen MR) is 76.4 cm³/mol. The maximum absolute atomic E-state index is 13.0. The van der Waals surface area contributed by atoms with E-state index in [9.17, 15) is 12.8 Å². The van der Waals surface area contributed by atoms with E-state index in [1.54, 1.807) is 0 Å². The van der Waals surface area contributed by atoms with Crippen LogP contribution in [0.25, 0.3) is 6.08 Å². The van der Waals surface area contributed by atoms with E-state index < -0.39 is 20.9 Å². The lowest BCUT2D eigenvalue weighted by molar-refractivity contribution is 0.588. The first-order valence-corrected chi connectivity index (χ1v) is 7.81. The Hall–Kier alpha value is -1.94. The molecule has 2 nitrogen and oxygen atoms in total. The molecule has 0 bridgehead atoms. The van der Waals surface area contributed by atoms with Gasteiger partial charge in [0.25, 0.3) is 0 Å². The van der Waals surface area contributed by atoms with Crippen molar-refractivity contribution in [3.8, 4) is 0 Å². The molecule has 1 unspecified atom stereocenters. The number of fused-ring (bicyclic) bond motifs is 1. The SMILES string of the molecule is CC1=Cc2ccccc2C1S(=O)(=O)c1ccc(F)cc1. The van der Waals surface area contributed by atoms with Crippen LogP contribution >= 0.6 is 0 Å². The van der Waals surface area contributed by atoms with Gasteiger partial charge in [0.05, 0.1) is 4.90 Å². The lowest BCUT2D eigenvalue weighted by Gasteiger charge is -2.15. The average molecular weight is 288 g/mol. The van der Waals surface area contributed by atoms with Gasteiger partial charge in [0.2, 0.25) is 0 Å². The summed E-state index contributed by atoms with van der Waals surface area (Å²) in [6.07, 6.45) is 1.89. The van der Waals surface area contributed by atoms with Crippen LogP contribution in [0.1, 0.15) is 23.3 Å². The summed E-state index contributed by atoms with van der Waals surface area (Å²) in [7, 11) is -3.55. The number of hydrogen-bond acceptors (Lipinski definition) is 2. The van der Waals surface area contributed by atoms with Crippen LogP contribution in [0, 0.1) is 5.82 Å². The number of hydrogen-bond donors (Lipinski definition) is 0. The Bertz CT molecular complexity index is 789. The second-order valence-corrected chi connectivity index (χ2v) is 6.93. The summed E-state index contributed by atoms with van der Waals surface area (Å²) in [5, 5.41) is -0.677. The first kappa shape index (κ1) is 13.1. The molecule has 20 heavy (non-hydrogen) atoms. The van der Waals surface area contributed by atoms with Crippen LogP contribution in [0.5, 0.6) is 0 Å². The van der Waals surface area contributed by atoms with Gasteiger partial charge in [-0.1, -0.05) is 30.3 Å². The number of rotatable bonds is 2. The summed E-state index contributed by atoms with van der Waals surface area (Å²) in [6.45, 7) is 1.81. The highest BCUT2D eigenvalue weighted by molar-refractivity contribution is 7.92. The highest BCUT2D eigenvalue weighted by Gasteiger charge is 2.34. The van der Waals surface area contributed by atoms with Crippen LogP contribution in [-0.2, 0) is 9.84 Å². The fourth-order valence-electron chi connectivity index (χ4n) is 2.62. The van der Waals surface area contributed by atoms with Crippen LogP contribution in [-0.4, -0.2) is 8.42 Å². The number of halogens is 1. The van der Waals surface area contributed by atoms with Crippen molar-refractivity contribution in [2.45, 2.75) is 17.1 Å². The van der Waals surface area contributed by atoms with E-state index in [0.717, 1.165) is 16.7 Å². The molecule has 0 heterocycles. The molecule has 0 fully saturated rings. The van der Waals surface area contributed by atoms with E-state index in [-0.39, 0.29) is 4.90 Å². The second-order valence-electron chi connectivity index (χ2n) is 4.90. The smallest absolute Gasteiger partial charge is 0.189 e. The Kier molecular flexibility index (Phi) is 2.98. The van der Waals surface area contributed by atoms with Crippen molar-refractivity contribution in [1.29, 1.82) is 0 Å². The molecule has 0 saturated carbocycles. The molecule has 0 aromatic heterocycles. The molecule has 0 radical (unpaired) electrons. The molecular formula is C16H13FO2S. The van der Waals surface area contributed by atoms with E-state index >= 15 is 0 Å². The lowest BCUT2D eigenvalue weighted by atomic mass is 10.1. The van der Waals surface area contributed by atoms with Crippen LogP contribution in [0.3, 0.4) is 0 Å². The average Bonchev–Trinajstić information content (AvgIpc) is 2.75. The molecule has 1 aliphatic carbocycles. The van der Waals surface area contributed by atoms with Gasteiger partial charge in [0.15, 0.2) is 9.84 Å². The minimum Gasteiger partial charge on any atom is -0.223 e. The maximum atomic E-state index is 13.0. The maximum Gasteiger partial charge on any atom is 0.189 e. The van der Waals surface area contributed by atoms with Crippen molar-refractivity contribution >= 4 is 15.9 Å². The molecule has 0 N–H and O–H groups in total. The monoisotopic (exact) mass is 288 g/mol. The lowest BCUT2D eigenvalue weighted by Crippen LogP contribution is -2.13. The Balaban J connectivity index is 2.13. The summed E-state index contributed by atoms with van der Waals surface area (Å²) < 4.78 is 38.5. The zero-order valence-electron chi connectivity index (χ0n) is 10.9. The van der Waals surface area contributed by atoms with E-state index in [0.29, 0.717) is 0 Å². The van der Waals surface area contributed by atoms with Gasteiger partial charge in [-0.3, -0.25) is 0 Å². The molecule has 0 amide bonds. The van der Waals surface area contributed by atoms with Gasteiger partial charge in [-0.15, -0.1) is 0 Å². The highest BCUT2D eigenvalue weighted by atomic mass is 32.2. The van der Waals surface area contributed by atoms with Gasteiger partial charge in [-0.25, -0.2) is 12.8 Å². The summed E-state index contributed by atoms with van der Waals surface area (Å²) in [4.78, 5) is 0.147. The molecule has 102 valence electrons. The van der Waals surface area contributed by atoms with Crippen molar-refractivity contribution in [2.75, 3.05) is 0 Å². The normalized spacial score (nSPS) is 17.7. The fraction of sp³-hybridized carbons (Fsp3) is 0.125. The standard InChI is InChI=1S/C16H13FO2S/c1-11-10-12-4-2-3-5-15(12)16(11)20(18,19)14-8-6-13(17)7-9-14/h2-10,16H,1H3. The summed E-state index contributed by atoms with van der Waals surface area (Å²) in [5.41, 5.74) is 2.51. The van der Waals surface area contributed by atoms with E-state index in [2.05, 4.69) is 0 Å². The van der Waals surface area contributed by atoms with Crippen molar-refractivity contribution < 1.29 is 12.8 Å². The molecule has 0 saturated heterocycles. The third-order valence-corrected chi connectivity index (χ3v) is 5.70. The summed E-state index contributed by atoms with van der Waals surface area (Å²) in [5.74, 6) is -0.442. The fourth-order valence-corrected chi connectivity index (χ4v) is 4.51. The third-order valence-electron chi connectivity index (χ3n) is 3.53. The summed E-state index contributed by atoms with van der Waals surface area (Å²) >= 11 is 0. The molecule has 1 atom stereocenters. The second kappa shape index (κ2) is 4.56. The quantitative estimate of drug-likeness (QED) is 0.789. The highest BCUT2D eigenvalue weighted by Crippen LogP contribution is 2.42. The van der Waals surface area contributed by atoms with Gasteiger partial charge in [-0.2, -0.15) is 0 Å². The van der Waals surface area contributed by atoms with Gasteiger partial charge >= 0.3 is 0 Å².